The first-order valence-electron chi connectivity index (χ1n) is 10.3. The fourth-order valence-corrected chi connectivity index (χ4v) is 4.73. The molecule has 0 bridgehead atoms. The van der Waals surface area contributed by atoms with Crippen LogP contribution >= 0.6 is 22.6 Å². The number of carbonyl (C=O) groups is 1. The molecule has 1 amide bonds. The number of amides is 1. The van der Waals surface area contributed by atoms with Crippen molar-refractivity contribution in [2.75, 3.05) is 39.7 Å². The van der Waals surface area contributed by atoms with E-state index >= 15 is 0 Å². The van der Waals surface area contributed by atoms with E-state index in [2.05, 4.69) is 4.98 Å². The third-order valence-electron chi connectivity index (χ3n) is 4.98. The summed E-state index contributed by atoms with van der Waals surface area (Å²) in [4.78, 5) is 16.7. The molecule has 0 radical (unpaired) electrons. The van der Waals surface area contributed by atoms with Crippen LogP contribution in [0.1, 0.15) is 22.5 Å². The lowest BCUT2D eigenvalue weighted by Crippen LogP contribution is -2.32. The van der Waals surface area contributed by atoms with Crippen molar-refractivity contribution in [1.82, 2.24) is 9.29 Å². The zero-order valence-corrected chi connectivity index (χ0v) is 21.7. The molecule has 2 N–H and O–H groups in total. The predicted octanol–water partition coefficient (Wildman–Crippen LogP) is 3.15. The van der Waals surface area contributed by atoms with E-state index in [0.29, 0.717) is 46.5 Å². The van der Waals surface area contributed by atoms with E-state index in [1.807, 2.05) is 22.6 Å². The number of fused-ring (bicyclic) bond motifs is 1. The van der Waals surface area contributed by atoms with Crippen LogP contribution in [0.4, 0.5) is 4.39 Å². The van der Waals surface area contributed by atoms with Crippen molar-refractivity contribution in [2.24, 2.45) is 5.73 Å². The number of aromatic nitrogens is 1. The summed E-state index contributed by atoms with van der Waals surface area (Å²) in [6, 6.07) is 7.14. The van der Waals surface area contributed by atoms with E-state index in [0.717, 1.165) is 6.26 Å². The highest BCUT2D eigenvalue weighted by atomic mass is 127. The molecule has 0 aliphatic rings. The van der Waals surface area contributed by atoms with E-state index in [4.69, 9.17) is 19.6 Å². The Hall–Kier alpha value is -2.13. The maximum Gasteiger partial charge on any atom is 0.253 e. The number of rotatable bonds is 12. The van der Waals surface area contributed by atoms with Crippen molar-refractivity contribution < 1.29 is 31.5 Å². The topological polar surface area (TPSA) is 125 Å². The van der Waals surface area contributed by atoms with Crippen molar-refractivity contribution in [2.45, 2.75) is 13.0 Å². The Labute approximate surface area is 210 Å². The van der Waals surface area contributed by atoms with Crippen LogP contribution < -0.4 is 5.73 Å². The summed E-state index contributed by atoms with van der Waals surface area (Å²) in [5, 5.41) is 0.400. The minimum Gasteiger partial charge on any atom is -0.437 e. The maximum absolute atomic E-state index is 13.4. The molecule has 0 atom stereocenters. The molecule has 3 rings (SSSR count). The number of furan rings is 1. The zero-order valence-electron chi connectivity index (χ0n) is 18.7. The zero-order chi connectivity index (χ0) is 24.9. The molecule has 0 aliphatic heterocycles. The van der Waals surface area contributed by atoms with Gasteiger partial charge in [0, 0.05) is 29.4 Å². The Kier molecular flexibility index (Phi) is 8.98. The van der Waals surface area contributed by atoms with Gasteiger partial charge in [0.2, 0.25) is 15.7 Å². The lowest BCUT2D eigenvalue weighted by molar-refractivity contribution is 0.0676. The number of nitrogens with zero attached hydrogens (tertiary/aromatic N) is 2. The van der Waals surface area contributed by atoms with Crippen molar-refractivity contribution >= 4 is 49.6 Å². The molecule has 0 saturated carbocycles. The second kappa shape index (κ2) is 11.5. The van der Waals surface area contributed by atoms with Gasteiger partial charge in [-0.15, -0.1) is 0 Å². The number of halogens is 2. The first-order chi connectivity index (χ1) is 16.1. The number of pyridine rings is 1. The Morgan fingerprint density at radius 3 is 2.56 bits per heavy atom. The van der Waals surface area contributed by atoms with Gasteiger partial charge in [-0.05, 0) is 59.3 Å². The van der Waals surface area contributed by atoms with Crippen LogP contribution in [0.3, 0.4) is 0 Å². The van der Waals surface area contributed by atoms with Gasteiger partial charge in [-0.3, -0.25) is 4.79 Å². The van der Waals surface area contributed by atoms with Crippen LogP contribution in [0.2, 0.25) is 0 Å². The van der Waals surface area contributed by atoms with Crippen LogP contribution in [0.25, 0.3) is 22.4 Å². The monoisotopic (exact) mass is 605 g/mol. The number of sulfonamides is 1. The van der Waals surface area contributed by atoms with Crippen LogP contribution in [0.5, 0.6) is 0 Å². The first-order valence-corrected chi connectivity index (χ1v) is 13.2. The average Bonchev–Trinajstić information content (AvgIpc) is 3.13. The Morgan fingerprint density at radius 1 is 1.24 bits per heavy atom. The molecule has 0 fully saturated rings. The second-order valence-electron chi connectivity index (χ2n) is 7.50. The standard InChI is InChI=1S/C22H25FIN3O6S/c1-31-10-11-32-9-3-8-27(34(2,29)30)13-18-17(24)12-16-19(21(25)28)20(33-22(16)26-18)14-4-6-15(23)7-5-14/h4-7,12H,3,8-11,13H2,1-2H3,(H2,25,28). The molecular weight excluding hydrogens is 580 g/mol. The number of methoxy groups -OCH3 is 1. The van der Waals surface area contributed by atoms with Gasteiger partial charge < -0.3 is 19.6 Å². The van der Waals surface area contributed by atoms with Crippen molar-refractivity contribution in [3.8, 4) is 11.3 Å². The third kappa shape index (κ3) is 6.50. The average molecular weight is 605 g/mol. The summed E-state index contributed by atoms with van der Waals surface area (Å²) in [5.74, 6) is -0.966. The lowest BCUT2D eigenvalue weighted by atomic mass is 10.1. The highest BCUT2D eigenvalue weighted by molar-refractivity contribution is 14.1. The molecule has 34 heavy (non-hydrogen) atoms. The van der Waals surface area contributed by atoms with Gasteiger partial charge in [-0.1, -0.05) is 0 Å². The van der Waals surface area contributed by atoms with Gasteiger partial charge in [-0.25, -0.2) is 17.8 Å². The molecular formula is C22H25FIN3O6S. The van der Waals surface area contributed by atoms with Gasteiger partial charge in [0.05, 0.1) is 42.7 Å². The lowest BCUT2D eigenvalue weighted by Gasteiger charge is -2.20. The summed E-state index contributed by atoms with van der Waals surface area (Å²) < 4.78 is 56.2. The van der Waals surface area contributed by atoms with Gasteiger partial charge in [-0.2, -0.15) is 4.31 Å². The smallest absolute Gasteiger partial charge is 0.253 e. The Balaban J connectivity index is 1.91. The van der Waals surface area contributed by atoms with Crippen molar-refractivity contribution in [1.29, 1.82) is 0 Å². The largest absolute Gasteiger partial charge is 0.437 e. The van der Waals surface area contributed by atoms with Crippen LogP contribution in [-0.4, -0.2) is 63.3 Å². The van der Waals surface area contributed by atoms with Crippen molar-refractivity contribution in [3.63, 3.8) is 0 Å². The Morgan fingerprint density at radius 2 is 1.94 bits per heavy atom. The fourth-order valence-electron chi connectivity index (χ4n) is 3.31. The summed E-state index contributed by atoms with van der Waals surface area (Å²) in [5.41, 5.74) is 6.81. The fraction of sp³-hybridized carbons (Fsp3) is 0.364. The van der Waals surface area contributed by atoms with Crippen LogP contribution in [0, 0.1) is 9.39 Å². The molecule has 3 aromatic rings. The van der Waals surface area contributed by atoms with Crippen molar-refractivity contribution in [3.05, 3.63) is 51.0 Å². The van der Waals surface area contributed by atoms with Gasteiger partial charge in [0.1, 0.15) is 11.6 Å². The van der Waals surface area contributed by atoms with E-state index in [1.165, 1.54) is 28.6 Å². The Bertz CT molecular complexity index is 1260. The molecule has 0 aliphatic carbocycles. The minimum absolute atomic E-state index is 0.0175. The molecule has 1 aromatic carbocycles. The number of hydrogen-bond acceptors (Lipinski definition) is 7. The normalized spacial score (nSPS) is 12.0. The van der Waals surface area contributed by atoms with E-state index in [-0.39, 0.29) is 30.1 Å². The number of carbonyl (C=O) groups excluding carboxylic acids is 1. The molecule has 0 spiro atoms. The molecule has 184 valence electrons. The SMILES string of the molecule is COCCOCCCN(Cc1nc2oc(-c3ccc(F)cc3)c(C(N)=O)c2cc1I)S(C)(=O)=O. The highest BCUT2D eigenvalue weighted by Gasteiger charge is 2.24. The highest BCUT2D eigenvalue weighted by Crippen LogP contribution is 2.34. The quantitative estimate of drug-likeness (QED) is 0.249. The summed E-state index contributed by atoms with van der Waals surface area (Å²) in [7, 11) is -1.95. The number of ether oxygens (including phenoxy) is 2. The summed E-state index contributed by atoms with van der Waals surface area (Å²) in [6.45, 7) is 1.55. The number of nitrogens with two attached hydrogens (primary N) is 1. The molecule has 0 saturated heterocycles. The molecule has 2 heterocycles. The first kappa shape index (κ1) is 26.5. The molecule has 9 nitrogen and oxygen atoms in total. The van der Waals surface area contributed by atoms with Crippen LogP contribution in [0.15, 0.2) is 34.7 Å². The second-order valence-corrected chi connectivity index (χ2v) is 10.6. The van der Waals surface area contributed by atoms with E-state index in [1.54, 1.807) is 13.2 Å². The van der Waals surface area contributed by atoms with Gasteiger partial charge >= 0.3 is 0 Å². The number of primary amides is 1. The number of benzene rings is 1. The van der Waals surface area contributed by atoms with E-state index < -0.39 is 21.7 Å². The molecule has 2 aromatic heterocycles. The maximum atomic E-state index is 13.4. The summed E-state index contributed by atoms with van der Waals surface area (Å²) in [6.07, 6.45) is 1.63. The molecule has 12 heteroatoms. The van der Waals surface area contributed by atoms with E-state index in [9.17, 15) is 17.6 Å². The van der Waals surface area contributed by atoms with Gasteiger partial charge in [0.25, 0.3) is 5.91 Å². The van der Waals surface area contributed by atoms with Gasteiger partial charge in [0.15, 0.2) is 0 Å². The predicted molar refractivity (Wildman–Crippen MR) is 133 cm³/mol. The molecule has 0 unspecified atom stereocenters. The number of hydrogen-bond donors (Lipinski definition) is 1. The third-order valence-corrected chi connectivity index (χ3v) is 7.17. The van der Waals surface area contributed by atoms with Crippen LogP contribution in [-0.2, 0) is 26.0 Å². The summed E-state index contributed by atoms with van der Waals surface area (Å²) >= 11 is 2.03. The minimum atomic E-state index is -3.52.